The Bertz CT molecular complexity index is 404. The van der Waals surface area contributed by atoms with Crippen molar-refractivity contribution < 1.29 is 14.3 Å². The topological polar surface area (TPSA) is 52.6 Å². The van der Waals surface area contributed by atoms with Crippen LogP contribution in [0.2, 0.25) is 0 Å². The number of carbonyl (C=O) groups is 1. The zero-order chi connectivity index (χ0) is 13.4. The lowest BCUT2D eigenvalue weighted by Crippen LogP contribution is -2.39. The van der Waals surface area contributed by atoms with E-state index in [1.807, 2.05) is 6.92 Å². The summed E-state index contributed by atoms with van der Waals surface area (Å²) in [5, 5.41) is 11.4. The van der Waals surface area contributed by atoms with Crippen molar-refractivity contribution in [3.05, 3.63) is 41.8 Å². The molecule has 0 unspecified atom stereocenters. The average Bonchev–Trinajstić information content (AvgIpc) is 2.38. The van der Waals surface area contributed by atoms with Crippen molar-refractivity contribution in [3.8, 4) is 0 Å². The minimum absolute atomic E-state index is 0.0665. The van der Waals surface area contributed by atoms with Gasteiger partial charge in [0.1, 0.15) is 5.82 Å². The molecule has 98 valence electrons. The fraction of sp³-hybridized carbons (Fsp3) is 0.308. The molecule has 4 nitrogen and oxygen atoms in total. The van der Waals surface area contributed by atoms with E-state index in [-0.39, 0.29) is 18.5 Å². The summed E-state index contributed by atoms with van der Waals surface area (Å²) < 4.78 is 12.6. The van der Waals surface area contributed by atoms with E-state index in [1.165, 1.54) is 23.2 Å². The number of likely N-dealkylation sites (N-methyl/N-ethyl adjacent to an activating group) is 1. The minimum Gasteiger partial charge on any atom is -0.395 e. The lowest BCUT2D eigenvalue weighted by atomic mass is 10.2. The van der Waals surface area contributed by atoms with Crippen molar-refractivity contribution in [2.75, 3.05) is 19.7 Å². The summed E-state index contributed by atoms with van der Waals surface area (Å²) in [7, 11) is 0. The molecule has 0 aliphatic rings. The molecule has 0 spiro atoms. The van der Waals surface area contributed by atoms with Crippen LogP contribution in [-0.4, -0.2) is 35.7 Å². The molecule has 0 saturated carbocycles. The van der Waals surface area contributed by atoms with Crippen molar-refractivity contribution >= 4 is 12.1 Å². The van der Waals surface area contributed by atoms with Gasteiger partial charge in [0.25, 0.3) is 0 Å². The number of hydrogen-bond donors (Lipinski definition) is 2. The van der Waals surface area contributed by atoms with Crippen LogP contribution < -0.4 is 5.32 Å². The number of hydrogen-bond acceptors (Lipinski definition) is 2. The van der Waals surface area contributed by atoms with E-state index >= 15 is 0 Å². The molecule has 0 radical (unpaired) electrons. The molecule has 5 heteroatoms. The van der Waals surface area contributed by atoms with Gasteiger partial charge in [-0.2, -0.15) is 0 Å². The van der Waals surface area contributed by atoms with Crippen LogP contribution in [0.4, 0.5) is 9.18 Å². The van der Waals surface area contributed by atoms with Crippen LogP contribution in [0, 0.1) is 5.82 Å². The first kappa shape index (κ1) is 14.2. The van der Waals surface area contributed by atoms with Gasteiger partial charge in [-0.15, -0.1) is 0 Å². The minimum atomic E-state index is -0.295. The van der Waals surface area contributed by atoms with Crippen LogP contribution in [0.1, 0.15) is 12.5 Å². The highest BCUT2D eigenvalue weighted by molar-refractivity contribution is 5.76. The van der Waals surface area contributed by atoms with Gasteiger partial charge in [0.2, 0.25) is 0 Å². The monoisotopic (exact) mass is 252 g/mol. The predicted octanol–water partition coefficient (Wildman–Crippen LogP) is 1.82. The molecule has 0 aliphatic heterocycles. The maximum Gasteiger partial charge on any atom is 0.321 e. The fourth-order valence-electron chi connectivity index (χ4n) is 1.40. The number of amides is 2. The first-order chi connectivity index (χ1) is 8.67. The largest absolute Gasteiger partial charge is 0.395 e. The van der Waals surface area contributed by atoms with E-state index in [9.17, 15) is 9.18 Å². The van der Waals surface area contributed by atoms with Crippen LogP contribution in [-0.2, 0) is 0 Å². The molecule has 1 aromatic rings. The summed E-state index contributed by atoms with van der Waals surface area (Å²) in [5.74, 6) is -0.295. The van der Waals surface area contributed by atoms with Gasteiger partial charge in [-0.05, 0) is 30.7 Å². The van der Waals surface area contributed by atoms with Crippen LogP contribution in [0.25, 0.3) is 6.08 Å². The van der Waals surface area contributed by atoms with E-state index in [4.69, 9.17) is 5.11 Å². The van der Waals surface area contributed by atoms with Crippen molar-refractivity contribution in [2.24, 2.45) is 0 Å². The first-order valence-corrected chi connectivity index (χ1v) is 5.75. The number of aliphatic hydroxyl groups excluding tert-OH is 1. The Labute approximate surface area is 106 Å². The van der Waals surface area contributed by atoms with E-state index in [0.717, 1.165) is 5.56 Å². The van der Waals surface area contributed by atoms with E-state index < -0.39 is 0 Å². The van der Waals surface area contributed by atoms with Gasteiger partial charge in [0, 0.05) is 19.3 Å². The van der Waals surface area contributed by atoms with E-state index in [1.54, 1.807) is 18.2 Å². The van der Waals surface area contributed by atoms with Gasteiger partial charge in [-0.25, -0.2) is 9.18 Å². The second-order valence-corrected chi connectivity index (χ2v) is 3.64. The van der Waals surface area contributed by atoms with Gasteiger partial charge in [-0.3, -0.25) is 0 Å². The van der Waals surface area contributed by atoms with Gasteiger partial charge in [0.05, 0.1) is 6.61 Å². The molecule has 0 saturated heterocycles. The van der Waals surface area contributed by atoms with Crippen LogP contribution in [0.15, 0.2) is 30.5 Å². The molecule has 0 aliphatic carbocycles. The average molecular weight is 252 g/mol. The molecular formula is C13H17FN2O2. The molecule has 0 atom stereocenters. The molecule has 0 aromatic heterocycles. The summed E-state index contributed by atoms with van der Waals surface area (Å²) in [5.41, 5.74) is 0.793. The Morgan fingerprint density at radius 3 is 2.67 bits per heavy atom. The highest BCUT2D eigenvalue weighted by atomic mass is 19.1. The Morgan fingerprint density at radius 1 is 1.44 bits per heavy atom. The number of halogens is 1. The summed E-state index contributed by atoms with van der Waals surface area (Å²) >= 11 is 0. The van der Waals surface area contributed by atoms with Gasteiger partial charge < -0.3 is 15.3 Å². The number of rotatable bonds is 5. The van der Waals surface area contributed by atoms with Crippen LogP contribution >= 0.6 is 0 Å². The van der Waals surface area contributed by atoms with Gasteiger partial charge in [0.15, 0.2) is 0 Å². The number of nitrogens with zero attached hydrogens (tertiary/aromatic N) is 1. The zero-order valence-corrected chi connectivity index (χ0v) is 10.3. The third-order valence-corrected chi connectivity index (χ3v) is 2.39. The summed E-state index contributed by atoms with van der Waals surface area (Å²) in [4.78, 5) is 13.1. The van der Waals surface area contributed by atoms with Crippen molar-refractivity contribution in [3.63, 3.8) is 0 Å². The van der Waals surface area contributed by atoms with Crippen LogP contribution in [0.5, 0.6) is 0 Å². The second-order valence-electron chi connectivity index (χ2n) is 3.64. The first-order valence-electron chi connectivity index (χ1n) is 5.75. The lowest BCUT2D eigenvalue weighted by Gasteiger charge is -2.18. The highest BCUT2D eigenvalue weighted by Gasteiger charge is 2.07. The third-order valence-electron chi connectivity index (χ3n) is 2.39. The van der Waals surface area contributed by atoms with Crippen molar-refractivity contribution in [1.82, 2.24) is 10.2 Å². The normalized spacial score (nSPS) is 10.6. The molecule has 1 aromatic carbocycles. The standard InChI is InChI=1S/C13H17FN2O2/c1-2-16(9-10-17)13(18)15-8-7-11-3-5-12(14)6-4-11/h3-8,17H,2,9-10H2,1H3,(H,15,18)/b8-7+. The Morgan fingerprint density at radius 2 is 2.11 bits per heavy atom. The Balaban J connectivity index is 2.48. The van der Waals surface area contributed by atoms with E-state index in [0.29, 0.717) is 13.1 Å². The number of nitrogens with one attached hydrogen (secondary N) is 1. The Hall–Kier alpha value is -1.88. The quantitative estimate of drug-likeness (QED) is 0.840. The summed E-state index contributed by atoms with van der Waals surface area (Å²) in [6.07, 6.45) is 3.17. The lowest BCUT2D eigenvalue weighted by molar-refractivity contribution is 0.183. The number of carbonyl (C=O) groups excluding carboxylic acids is 1. The molecule has 2 amide bonds. The Kier molecular flexibility index (Phi) is 5.87. The molecular weight excluding hydrogens is 235 g/mol. The molecule has 18 heavy (non-hydrogen) atoms. The maximum atomic E-state index is 12.6. The number of urea groups is 1. The molecule has 0 bridgehead atoms. The molecule has 2 N–H and O–H groups in total. The number of benzene rings is 1. The zero-order valence-electron chi connectivity index (χ0n) is 10.3. The van der Waals surface area contributed by atoms with Crippen LogP contribution in [0.3, 0.4) is 0 Å². The summed E-state index contributed by atoms with van der Waals surface area (Å²) in [6.45, 7) is 2.59. The molecule has 0 heterocycles. The second kappa shape index (κ2) is 7.45. The van der Waals surface area contributed by atoms with Crippen molar-refractivity contribution in [2.45, 2.75) is 6.92 Å². The van der Waals surface area contributed by atoms with Crippen molar-refractivity contribution in [1.29, 1.82) is 0 Å². The predicted molar refractivity (Wildman–Crippen MR) is 68.3 cm³/mol. The van der Waals surface area contributed by atoms with E-state index in [2.05, 4.69) is 5.32 Å². The highest BCUT2D eigenvalue weighted by Crippen LogP contribution is 2.03. The summed E-state index contributed by atoms with van der Waals surface area (Å²) in [6, 6.07) is 5.66. The van der Waals surface area contributed by atoms with Gasteiger partial charge >= 0.3 is 6.03 Å². The molecule has 0 fully saturated rings. The number of aliphatic hydroxyl groups is 1. The SMILES string of the molecule is CCN(CCO)C(=O)N/C=C/c1ccc(F)cc1. The third kappa shape index (κ3) is 4.55. The molecule has 1 rings (SSSR count). The van der Waals surface area contributed by atoms with Gasteiger partial charge in [-0.1, -0.05) is 12.1 Å². The maximum absolute atomic E-state index is 12.6. The smallest absolute Gasteiger partial charge is 0.321 e. The fourth-order valence-corrected chi connectivity index (χ4v) is 1.40.